The van der Waals surface area contributed by atoms with Gasteiger partial charge in [0.15, 0.2) is 0 Å². The van der Waals surface area contributed by atoms with Crippen molar-refractivity contribution in [3.05, 3.63) is 28.8 Å². The maximum atomic E-state index is 11.8. The summed E-state index contributed by atoms with van der Waals surface area (Å²) in [5.41, 5.74) is 6.23. The highest BCUT2D eigenvalue weighted by Crippen LogP contribution is 2.17. The van der Waals surface area contributed by atoms with Crippen LogP contribution in [-0.4, -0.2) is 24.9 Å². The molecule has 0 aliphatic carbocycles. The predicted molar refractivity (Wildman–Crippen MR) is 66.9 cm³/mol. The van der Waals surface area contributed by atoms with E-state index in [1.54, 1.807) is 19.1 Å². The molecule has 0 bridgehead atoms. The molecule has 0 radical (unpaired) electrons. The van der Waals surface area contributed by atoms with Gasteiger partial charge in [-0.25, -0.2) is 0 Å². The van der Waals surface area contributed by atoms with Gasteiger partial charge >= 0.3 is 0 Å². The number of amides is 2. The molecule has 0 aliphatic rings. The first kappa shape index (κ1) is 13.3. The van der Waals surface area contributed by atoms with Crippen LogP contribution in [0.4, 0.5) is 5.69 Å². The van der Waals surface area contributed by atoms with Crippen molar-refractivity contribution in [3.8, 4) is 0 Å². The Labute approximate surface area is 104 Å². The summed E-state index contributed by atoms with van der Waals surface area (Å²) in [5, 5.41) is 5.38. The summed E-state index contributed by atoms with van der Waals surface area (Å²) in [6.45, 7) is 1.58. The number of hydrogen-bond donors (Lipinski definition) is 3. The first-order chi connectivity index (χ1) is 7.95. The molecule has 1 aromatic rings. The van der Waals surface area contributed by atoms with Gasteiger partial charge in [-0.05, 0) is 25.1 Å². The maximum absolute atomic E-state index is 11.8. The van der Waals surface area contributed by atoms with Gasteiger partial charge < -0.3 is 16.4 Å². The monoisotopic (exact) mass is 255 g/mol. The fourth-order valence-corrected chi connectivity index (χ4v) is 1.45. The Morgan fingerprint density at radius 1 is 1.41 bits per heavy atom. The molecule has 0 aromatic heterocycles. The molecule has 2 amide bonds. The Morgan fingerprint density at radius 3 is 2.65 bits per heavy atom. The molecule has 6 heteroatoms. The fourth-order valence-electron chi connectivity index (χ4n) is 1.28. The van der Waals surface area contributed by atoms with E-state index in [0.717, 1.165) is 0 Å². The Kier molecular flexibility index (Phi) is 4.34. The molecule has 0 fully saturated rings. The highest BCUT2D eigenvalue weighted by Gasteiger charge is 2.17. The van der Waals surface area contributed by atoms with E-state index >= 15 is 0 Å². The lowest BCUT2D eigenvalue weighted by molar-refractivity contribution is -0.122. The third kappa shape index (κ3) is 3.35. The van der Waals surface area contributed by atoms with Crippen LogP contribution in [0.15, 0.2) is 18.2 Å². The number of nitrogens with two attached hydrogens (primary N) is 1. The summed E-state index contributed by atoms with van der Waals surface area (Å²) in [5.74, 6) is -0.708. The van der Waals surface area contributed by atoms with Crippen molar-refractivity contribution >= 4 is 29.1 Å². The van der Waals surface area contributed by atoms with Crippen molar-refractivity contribution in [1.82, 2.24) is 10.6 Å². The molecule has 4 N–H and O–H groups in total. The van der Waals surface area contributed by atoms with E-state index in [2.05, 4.69) is 10.6 Å². The number of nitrogen functional groups attached to an aromatic ring is 1. The number of hydrogen-bond acceptors (Lipinski definition) is 3. The van der Waals surface area contributed by atoms with E-state index in [9.17, 15) is 9.59 Å². The van der Waals surface area contributed by atoms with Crippen molar-refractivity contribution in [2.75, 3.05) is 12.8 Å². The second-order valence-corrected chi connectivity index (χ2v) is 3.98. The lowest BCUT2D eigenvalue weighted by Crippen LogP contribution is -2.43. The highest BCUT2D eigenvalue weighted by atomic mass is 35.5. The van der Waals surface area contributed by atoms with Gasteiger partial charge in [-0.2, -0.15) is 0 Å². The molecule has 0 saturated heterocycles. The average molecular weight is 256 g/mol. The molecule has 1 aromatic carbocycles. The number of carbonyl (C=O) groups is 2. The van der Waals surface area contributed by atoms with Gasteiger partial charge in [0, 0.05) is 17.8 Å². The molecule has 1 atom stereocenters. The minimum Gasteiger partial charge on any atom is -0.398 e. The topological polar surface area (TPSA) is 84.2 Å². The molecule has 0 aliphatic heterocycles. The second-order valence-electron chi connectivity index (χ2n) is 3.54. The van der Waals surface area contributed by atoms with E-state index in [1.165, 1.54) is 13.1 Å². The van der Waals surface area contributed by atoms with Crippen molar-refractivity contribution < 1.29 is 9.59 Å². The third-order valence-corrected chi connectivity index (χ3v) is 2.48. The van der Waals surface area contributed by atoms with Gasteiger partial charge in [-0.3, -0.25) is 9.59 Å². The number of anilines is 1. The first-order valence-electron chi connectivity index (χ1n) is 5.03. The number of benzene rings is 1. The lowest BCUT2D eigenvalue weighted by atomic mass is 10.1. The summed E-state index contributed by atoms with van der Waals surface area (Å²) in [7, 11) is 1.50. The van der Waals surface area contributed by atoms with Crippen LogP contribution >= 0.6 is 11.6 Å². The first-order valence-corrected chi connectivity index (χ1v) is 5.41. The zero-order valence-electron chi connectivity index (χ0n) is 9.58. The standard InChI is InChI=1S/C11H14ClN3O2/c1-6(10(16)14-2)15-11(17)8-5-7(12)3-4-9(8)13/h3-6H,13H2,1-2H3,(H,14,16)(H,15,17). The minimum atomic E-state index is -0.633. The van der Waals surface area contributed by atoms with Crippen LogP contribution in [0.1, 0.15) is 17.3 Å². The molecule has 0 spiro atoms. The summed E-state index contributed by atoms with van der Waals surface area (Å²) < 4.78 is 0. The number of halogens is 1. The maximum Gasteiger partial charge on any atom is 0.254 e. The molecule has 17 heavy (non-hydrogen) atoms. The molecule has 0 heterocycles. The van der Waals surface area contributed by atoms with Gasteiger partial charge in [0.2, 0.25) is 5.91 Å². The van der Waals surface area contributed by atoms with Gasteiger partial charge in [-0.15, -0.1) is 0 Å². The zero-order chi connectivity index (χ0) is 13.0. The Morgan fingerprint density at radius 2 is 2.06 bits per heavy atom. The van der Waals surface area contributed by atoms with Gasteiger partial charge in [0.05, 0.1) is 5.56 Å². The predicted octanol–water partition coefficient (Wildman–Crippen LogP) is 0.786. The third-order valence-electron chi connectivity index (χ3n) is 2.25. The van der Waals surface area contributed by atoms with Crippen LogP contribution in [0.2, 0.25) is 5.02 Å². The molecular weight excluding hydrogens is 242 g/mol. The van der Waals surface area contributed by atoms with Crippen molar-refractivity contribution in [2.45, 2.75) is 13.0 Å². The van der Waals surface area contributed by atoms with Crippen LogP contribution in [-0.2, 0) is 4.79 Å². The van der Waals surface area contributed by atoms with Crippen molar-refractivity contribution in [3.63, 3.8) is 0 Å². The molecule has 1 rings (SSSR count). The van der Waals surface area contributed by atoms with Crippen molar-refractivity contribution in [2.24, 2.45) is 0 Å². The lowest BCUT2D eigenvalue weighted by Gasteiger charge is -2.13. The molecular formula is C11H14ClN3O2. The van der Waals surface area contributed by atoms with Crippen LogP contribution in [0, 0.1) is 0 Å². The smallest absolute Gasteiger partial charge is 0.254 e. The number of carbonyl (C=O) groups excluding carboxylic acids is 2. The van der Waals surface area contributed by atoms with Crippen molar-refractivity contribution in [1.29, 1.82) is 0 Å². The van der Waals surface area contributed by atoms with Crippen LogP contribution < -0.4 is 16.4 Å². The molecule has 1 unspecified atom stereocenters. The SMILES string of the molecule is CNC(=O)C(C)NC(=O)c1cc(Cl)ccc1N. The summed E-state index contributed by atoms with van der Waals surface area (Å²) in [6.07, 6.45) is 0. The van der Waals surface area contributed by atoms with E-state index in [1.807, 2.05) is 0 Å². The second kappa shape index (κ2) is 5.54. The Bertz CT molecular complexity index is 448. The molecule has 92 valence electrons. The van der Waals surface area contributed by atoms with Crippen LogP contribution in [0.25, 0.3) is 0 Å². The van der Waals surface area contributed by atoms with Crippen LogP contribution in [0.3, 0.4) is 0 Å². The molecule has 5 nitrogen and oxygen atoms in total. The normalized spacial score (nSPS) is 11.7. The molecule has 0 saturated carbocycles. The van der Waals surface area contributed by atoms with E-state index in [0.29, 0.717) is 10.7 Å². The summed E-state index contributed by atoms with van der Waals surface area (Å²) in [6, 6.07) is 3.96. The number of nitrogens with one attached hydrogen (secondary N) is 2. The van der Waals surface area contributed by atoms with E-state index in [-0.39, 0.29) is 11.5 Å². The highest BCUT2D eigenvalue weighted by molar-refractivity contribution is 6.31. The fraction of sp³-hybridized carbons (Fsp3) is 0.273. The van der Waals surface area contributed by atoms with E-state index < -0.39 is 11.9 Å². The van der Waals surface area contributed by atoms with Gasteiger partial charge in [0.25, 0.3) is 5.91 Å². The number of rotatable bonds is 3. The van der Waals surface area contributed by atoms with Gasteiger partial charge in [-0.1, -0.05) is 11.6 Å². The minimum absolute atomic E-state index is 0.258. The quantitative estimate of drug-likeness (QED) is 0.698. The van der Waals surface area contributed by atoms with Crippen LogP contribution in [0.5, 0.6) is 0 Å². The van der Waals surface area contributed by atoms with Gasteiger partial charge in [0.1, 0.15) is 6.04 Å². The summed E-state index contributed by atoms with van der Waals surface area (Å²) >= 11 is 5.77. The Balaban J connectivity index is 2.83. The Hall–Kier alpha value is -1.75. The summed E-state index contributed by atoms with van der Waals surface area (Å²) in [4.78, 5) is 23.1. The average Bonchev–Trinajstić information content (AvgIpc) is 2.30. The number of likely N-dealkylation sites (N-methyl/N-ethyl adjacent to an activating group) is 1. The zero-order valence-corrected chi connectivity index (χ0v) is 10.3. The largest absolute Gasteiger partial charge is 0.398 e. The van der Waals surface area contributed by atoms with E-state index in [4.69, 9.17) is 17.3 Å².